The van der Waals surface area contributed by atoms with Gasteiger partial charge >= 0.3 is 25.9 Å². The summed E-state index contributed by atoms with van der Waals surface area (Å²) in [4.78, 5) is 0.629. The van der Waals surface area contributed by atoms with Crippen molar-refractivity contribution in [1.82, 2.24) is 0 Å². The molecule has 0 unspecified atom stereocenters. The number of hydrogen-bond acceptors (Lipinski definition) is 5. The molecule has 100 valence electrons. The topological polar surface area (TPSA) is 137 Å². The average molecular weight is 427 g/mol. The van der Waals surface area contributed by atoms with E-state index in [-0.39, 0.29) is 16.0 Å². The first-order chi connectivity index (χ1) is 7.57. The van der Waals surface area contributed by atoms with Crippen LogP contribution in [-0.4, -0.2) is 25.9 Å². The summed E-state index contributed by atoms with van der Waals surface area (Å²) in [6.45, 7) is 0. The van der Waals surface area contributed by atoms with E-state index in [1.807, 2.05) is 0 Å². The first-order valence-electron chi connectivity index (χ1n) is 3.71. The maximum atomic E-state index is 10.9. The smallest absolute Gasteiger partial charge is 0.426 e. The van der Waals surface area contributed by atoms with Crippen molar-refractivity contribution in [2.75, 3.05) is 0 Å². The van der Waals surface area contributed by atoms with Crippen molar-refractivity contribution in [3.8, 4) is 0 Å². The third kappa shape index (κ3) is 3.73. The van der Waals surface area contributed by atoms with Crippen LogP contribution in [0, 0.1) is 8.96 Å². The molecule has 1 aromatic rings. The van der Waals surface area contributed by atoms with Crippen LogP contribution in [0.25, 0.3) is 4.98 Å². The van der Waals surface area contributed by atoms with Crippen LogP contribution in [0.2, 0.25) is 0 Å². The molecule has 0 spiro atoms. The zero-order valence-electron chi connectivity index (χ0n) is 8.15. The van der Waals surface area contributed by atoms with Crippen LogP contribution in [0.4, 0.5) is 5.69 Å². The average Bonchev–Trinajstić information content (AvgIpc) is 2.13. The van der Waals surface area contributed by atoms with Crippen LogP contribution in [0.3, 0.4) is 0 Å². The molecule has 1 rings (SSSR count). The third-order valence-corrected chi connectivity index (χ3v) is 4.02. The zero-order valence-corrected chi connectivity index (χ0v) is 12.7. The van der Waals surface area contributed by atoms with E-state index in [1.165, 1.54) is 0 Å². The Bertz CT molecular complexity index is 670. The van der Waals surface area contributed by atoms with Crippen LogP contribution in [0.5, 0.6) is 0 Å². The lowest BCUT2D eigenvalue weighted by atomic mass is 10.3. The monoisotopic (exact) mass is 426 g/mol. The van der Waals surface area contributed by atoms with Crippen molar-refractivity contribution >= 4 is 48.5 Å². The predicted molar refractivity (Wildman–Crippen MR) is 63.5 cm³/mol. The van der Waals surface area contributed by atoms with E-state index in [4.69, 9.17) is 14.5 Å². The number of hydrogen-bond donors (Lipinski definition) is 2. The molecule has 0 aliphatic rings. The van der Waals surface area contributed by atoms with Crippen LogP contribution in [-0.2, 0) is 20.2 Å². The van der Waals surface area contributed by atoms with Crippen LogP contribution < -0.4 is 12.4 Å². The standard InChI is InChI=1S/C6H3IN2O6S2.ClH/c7-3-1-4(16(10,11)12)6(9-8)5(2-3)17(13,14)15;/h1-2H,(H-,10,11,12,13,14,15);1H. The van der Waals surface area contributed by atoms with Gasteiger partial charge in [-0.25, -0.2) is 0 Å². The fraction of sp³-hybridized carbons (Fsp3) is 0. The predicted octanol–water partition coefficient (Wildman–Crippen LogP) is -1.73. The number of nitrogens with zero attached hydrogens (tertiary/aromatic N) is 2. The van der Waals surface area contributed by atoms with E-state index >= 15 is 0 Å². The van der Waals surface area contributed by atoms with E-state index in [2.05, 4.69) is 4.98 Å². The van der Waals surface area contributed by atoms with E-state index in [0.29, 0.717) is 0 Å². The van der Waals surface area contributed by atoms with Crippen molar-refractivity contribution in [3.05, 3.63) is 20.7 Å². The van der Waals surface area contributed by atoms with Gasteiger partial charge in [-0.2, -0.15) is 16.8 Å². The summed E-state index contributed by atoms with van der Waals surface area (Å²) in [6, 6.07) is 1.78. The highest BCUT2D eigenvalue weighted by Crippen LogP contribution is 2.33. The maximum absolute atomic E-state index is 10.9. The van der Waals surface area contributed by atoms with E-state index < -0.39 is 35.7 Å². The Hall–Kier alpha value is -0.520. The van der Waals surface area contributed by atoms with E-state index in [0.717, 1.165) is 12.1 Å². The molecular formula is C6H4ClIN2O6S2. The lowest BCUT2D eigenvalue weighted by Gasteiger charge is -1.99. The molecule has 0 saturated heterocycles. The Balaban J connectivity index is 0.00000289. The van der Waals surface area contributed by atoms with Crippen LogP contribution in [0.15, 0.2) is 21.9 Å². The Morgan fingerprint density at radius 3 is 1.61 bits per heavy atom. The lowest BCUT2D eigenvalue weighted by molar-refractivity contribution is -0.0000119. The molecule has 0 heterocycles. The number of benzene rings is 1. The van der Waals surface area contributed by atoms with Crippen molar-refractivity contribution in [3.63, 3.8) is 0 Å². The summed E-state index contributed by atoms with van der Waals surface area (Å²) >= 11 is 1.57. The highest BCUT2D eigenvalue weighted by molar-refractivity contribution is 14.1. The molecule has 0 atom stereocenters. The van der Waals surface area contributed by atoms with Gasteiger partial charge in [-0.15, -0.1) is 0 Å². The third-order valence-electron chi connectivity index (χ3n) is 1.66. The number of diazo groups is 1. The highest BCUT2D eigenvalue weighted by atomic mass is 127. The molecule has 0 aliphatic heterocycles. The summed E-state index contributed by atoms with van der Waals surface area (Å²) in [7, 11) is -9.57. The Morgan fingerprint density at radius 2 is 1.39 bits per heavy atom. The van der Waals surface area contributed by atoms with E-state index in [1.54, 1.807) is 22.6 Å². The summed E-state index contributed by atoms with van der Waals surface area (Å²) in [6.07, 6.45) is 0. The minimum atomic E-state index is -4.78. The molecule has 0 fully saturated rings. The first kappa shape index (κ1) is 17.5. The second kappa shape index (κ2) is 5.63. The Morgan fingerprint density at radius 1 is 1.06 bits per heavy atom. The number of rotatable bonds is 2. The first-order valence-corrected chi connectivity index (χ1v) is 7.67. The summed E-state index contributed by atoms with van der Waals surface area (Å²) in [5, 5.41) is 8.59. The summed E-state index contributed by atoms with van der Waals surface area (Å²) < 4.78 is 61.6. The van der Waals surface area contributed by atoms with E-state index in [9.17, 15) is 16.8 Å². The molecule has 8 nitrogen and oxygen atoms in total. The molecule has 0 amide bonds. The quantitative estimate of drug-likeness (QED) is 0.326. The molecule has 0 bridgehead atoms. The van der Waals surface area contributed by atoms with Gasteiger partial charge in [-0.3, -0.25) is 9.11 Å². The highest BCUT2D eigenvalue weighted by Gasteiger charge is 2.34. The Kier molecular flexibility index (Phi) is 5.47. The van der Waals surface area contributed by atoms with Gasteiger partial charge in [0.15, 0.2) is 14.8 Å². The van der Waals surface area contributed by atoms with Crippen LogP contribution >= 0.6 is 22.6 Å². The maximum Gasteiger partial charge on any atom is 0.426 e. The molecule has 0 aliphatic carbocycles. The van der Waals surface area contributed by atoms with Gasteiger partial charge in [0.2, 0.25) is 5.39 Å². The lowest BCUT2D eigenvalue weighted by Crippen LogP contribution is -3.00. The molecule has 18 heavy (non-hydrogen) atoms. The summed E-state index contributed by atoms with van der Waals surface area (Å²) in [5.41, 5.74) is -0.949. The number of halogens is 2. The molecular weight excluding hydrogens is 423 g/mol. The van der Waals surface area contributed by atoms with Crippen molar-refractivity contribution in [1.29, 1.82) is 5.39 Å². The van der Waals surface area contributed by atoms with Gasteiger partial charge in [0.05, 0.1) is 0 Å². The fourth-order valence-corrected chi connectivity index (χ4v) is 3.49. The van der Waals surface area contributed by atoms with Gasteiger partial charge in [-0.1, -0.05) is 0 Å². The van der Waals surface area contributed by atoms with Crippen LogP contribution in [0.1, 0.15) is 0 Å². The minimum absolute atomic E-state index is 0. The minimum Gasteiger partial charge on any atom is -1.00 e. The second-order valence-electron chi connectivity index (χ2n) is 2.80. The molecule has 12 heteroatoms. The molecule has 2 N–H and O–H groups in total. The SMILES string of the molecule is N#[N+]c1c(S(=O)(=O)O)cc(I)cc1S(=O)(=O)O.[Cl-]. The normalized spacial score (nSPS) is 11.4. The van der Waals surface area contributed by atoms with Gasteiger partial charge in [0.25, 0.3) is 0 Å². The van der Waals surface area contributed by atoms with Crippen molar-refractivity contribution in [2.24, 2.45) is 0 Å². The molecule has 0 saturated carbocycles. The van der Waals surface area contributed by atoms with Crippen molar-refractivity contribution in [2.45, 2.75) is 9.79 Å². The second-order valence-corrected chi connectivity index (χ2v) is 6.83. The molecule has 0 aromatic heterocycles. The largest absolute Gasteiger partial charge is 1.00 e. The van der Waals surface area contributed by atoms with Gasteiger partial charge < -0.3 is 12.4 Å². The zero-order chi connectivity index (χ0) is 13.4. The van der Waals surface area contributed by atoms with Gasteiger partial charge in [0, 0.05) is 3.57 Å². The fourth-order valence-electron chi connectivity index (χ4n) is 1.04. The molecule has 1 aromatic carbocycles. The van der Waals surface area contributed by atoms with Crippen molar-refractivity contribution < 1.29 is 38.3 Å². The van der Waals surface area contributed by atoms with Gasteiger partial charge in [-0.05, 0) is 34.7 Å². The summed E-state index contributed by atoms with van der Waals surface area (Å²) in [5.74, 6) is 0. The van der Waals surface area contributed by atoms with Gasteiger partial charge in [0.1, 0.15) is 0 Å². The molecule has 0 radical (unpaired) electrons. The Labute approximate surface area is 122 Å².